The molecule has 3 heteroatoms. The molecule has 268 valence electrons. The summed E-state index contributed by atoms with van der Waals surface area (Å²) in [5, 5.41) is 4.76. The van der Waals surface area contributed by atoms with Crippen molar-refractivity contribution < 1.29 is 4.42 Å². The smallest absolute Gasteiger partial charge is 0.143 e. The molecular formula is C54H35NOS. The van der Waals surface area contributed by atoms with Crippen molar-refractivity contribution in [3.05, 3.63) is 212 Å². The van der Waals surface area contributed by atoms with E-state index in [4.69, 9.17) is 4.42 Å². The highest BCUT2D eigenvalue weighted by Crippen LogP contribution is 2.45. The average molecular weight is 746 g/mol. The predicted molar refractivity (Wildman–Crippen MR) is 243 cm³/mol. The lowest BCUT2D eigenvalue weighted by molar-refractivity contribution is 0.670. The van der Waals surface area contributed by atoms with Crippen LogP contribution >= 0.6 is 11.3 Å². The fourth-order valence-corrected chi connectivity index (χ4v) is 9.33. The minimum absolute atomic E-state index is 0.912. The quantitative estimate of drug-likeness (QED) is 0.162. The van der Waals surface area contributed by atoms with E-state index in [0.717, 1.165) is 50.1 Å². The van der Waals surface area contributed by atoms with Gasteiger partial charge in [0, 0.05) is 53.6 Å². The first-order chi connectivity index (χ1) is 28.2. The van der Waals surface area contributed by atoms with E-state index in [1.54, 1.807) is 0 Å². The number of fused-ring (bicyclic) bond motifs is 6. The van der Waals surface area contributed by atoms with Crippen LogP contribution in [0.5, 0.6) is 0 Å². The molecule has 0 aliphatic carbocycles. The molecule has 0 radical (unpaired) electrons. The van der Waals surface area contributed by atoms with Gasteiger partial charge < -0.3 is 9.32 Å². The fraction of sp³-hybridized carbons (Fsp3) is 0. The Hall–Kier alpha value is -7.20. The summed E-state index contributed by atoms with van der Waals surface area (Å²) in [7, 11) is 0. The highest BCUT2D eigenvalue weighted by molar-refractivity contribution is 7.25. The highest BCUT2D eigenvalue weighted by atomic mass is 32.1. The summed E-state index contributed by atoms with van der Waals surface area (Å²) in [6.45, 7) is 0. The van der Waals surface area contributed by atoms with Crippen LogP contribution in [0.2, 0.25) is 0 Å². The van der Waals surface area contributed by atoms with Crippen LogP contribution in [-0.2, 0) is 0 Å². The molecule has 0 N–H and O–H groups in total. The van der Waals surface area contributed by atoms with Gasteiger partial charge in [-0.05, 0) is 106 Å². The summed E-state index contributed by atoms with van der Waals surface area (Å²) in [4.78, 5) is 2.41. The monoisotopic (exact) mass is 745 g/mol. The second-order valence-electron chi connectivity index (χ2n) is 14.5. The number of para-hydroxylation sites is 2. The Labute approximate surface area is 335 Å². The Bertz CT molecular complexity index is 3160. The summed E-state index contributed by atoms with van der Waals surface area (Å²) >= 11 is 1.84. The number of hydrogen-bond acceptors (Lipinski definition) is 3. The van der Waals surface area contributed by atoms with E-state index in [0.29, 0.717) is 0 Å². The first-order valence-electron chi connectivity index (χ1n) is 19.3. The lowest BCUT2D eigenvalue weighted by Crippen LogP contribution is -2.10. The number of hydrogen-bond donors (Lipinski definition) is 0. The van der Waals surface area contributed by atoms with Crippen molar-refractivity contribution in [2.75, 3.05) is 4.90 Å². The molecule has 57 heavy (non-hydrogen) atoms. The molecule has 9 aromatic carbocycles. The standard InChI is InChI=1S/C54H35NOS/c1-4-13-36(14-5-1)39-23-26-43(27-24-39)55(45-32-41(37-15-6-2-7-16-37)31-42(33-45)38-17-8-3-9-18-38)44-28-30-53-50(35-44)49-34-40(25-29-52(49)57-53)46-20-12-21-48-47-19-10-11-22-51(47)56-54(46)48/h1-35H. The Kier molecular flexibility index (Phi) is 8.04. The number of furan rings is 1. The Balaban J connectivity index is 1.10. The summed E-state index contributed by atoms with van der Waals surface area (Å²) < 4.78 is 9.01. The molecule has 0 saturated heterocycles. The molecule has 0 spiro atoms. The van der Waals surface area contributed by atoms with Gasteiger partial charge in [-0.1, -0.05) is 146 Å². The largest absolute Gasteiger partial charge is 0.455 e. The Morgan fingerprint density at radius 1 is 0.316 bits per heavy atom. The first-order valence-corrected chi connectivity index (χ1v) is 20.1. The minimum atomic E-state index is 0.912. The summed E-state index contributed by atoms with van der Waals surface area (Å²) in [5.74, 6) is 0. The van der Waals surface area contributed by atoms with Gasteiger partial charge in [-0.25, -0.2) is 0 Å². The van der Waals surface area contributed by atoms with Crippen molar-refractivity contribution in [3.8, 4) is 44.5 Å². The zero-order valence-corrected chi connectivity index (χ0v) is 31.8. The van der Waals surface area contributed by atoms with Gasteiger partial charge in [0.05, 0.1) is 0 Å². The van der Waals surface area contributed by atoms with Gasteiger partial charge in [-0.2, -0.15) is 0 Å². The van der Waals surface area contributed by atoms with E-state index in [-0.39, 0.29) is 0 Å². The third-order valence-electron chi connectivity index (χ3n) is 11.0. The number of rotatable bonds is 7. The number of anilines is 3. The van der Waals surface area contributed by atoms with E-state index in [1.807, 2.05) is 17.4 Å². The molecule has 0 atom stereocenters. The van der Waals surface area contributed by atoms with Crippen LogP contribution in [0.3, 0.4) is 0 Å². The van der Waals surface area contributed by atoms with Gasteiger partial charge in [0.2, 0.25) is 0 Å². The molecule has 11 aromatic rings. The normalized spacial score (nSPS) is 11.5. The topological polar surface area (TPSA) is 16.4 Å². The molecule has 0 fully saturated rings. The van der Waals surface area contributed by atoms with Crippen LogP contribution in [0.15, 0.2) is 217 Å². The van der Waals surface area contributed by atoms with Gasteiger partial charge in [-0.15, -0.1) is 11.3 Å². The Morgan fingerprint density at radius 3 is 1.53 bits per heavy atom. The zero-order valence-electron chi connectivity index (χ0n) is 31.0. The van der Waals surface area contributed by atoms with Crippen LogP contribution in [-0.4, -0.2) is 0 Å². The molecule has 2 heterocycles. The van der Waals surface area contributed by atoms with Crippen molar-refractivity contribution >= 4 is 70.5 Å². The van der Waals surface area contributed by atoms with Crippen LogP contribution in [0, 0.1) is 0 Å². The van der Waals surface area contributed by atoms with Crippen molar-refractivity contribution in [3.63, 3.8) is 0 Å². The summed E-state index contributed by atoms with van der Waals surface area (Å²) in [6, 6.07) is 76.5. The van der Waals surface area contributed by atoms with Gasteiger partial charge >= 0.3 is 0 Å². The third kappa shape index (κ3) is 5.97. The maximum atomic E-state index is 6.48. The zero-order chi connectivity index (χ0) is 37.7. The predicted octanol–water partition coefficient (Wildman–Crippen LogP) is 16.1. The second-order valence-corrected chi connectivity index (χ2v) is 15.6. The van der Waals surface area contributed by atoms with E-state index >= 15 is 0 Å². The molecule has 0 unspecified atom stereocenters. The van der Waals surface area contributed by atoms with Gasteiger partial charge in [0.1, 0.15) is 11.2 Å². The van der Waals surface area contributed by atoms with E-state index < -0.39 is 0 Å². The van der Waals surface area contributed by atoms with Crippen molar-refractivity contribution in [1.29, 1.82) is 0 Å². The van der Waals surface area contributed by atoms with Crippen LogP contribution in [0.25, 0.3) is 86.6 Å². The molecule has 0 bridgehead atoms. The summed E-state index contributed by atoms with van der Waals surface area (Å²) in [5.41, 5.74) is 14.5. The molecule has 2 nitrogen and oxygen atoms in total. The lowest BCUT2D eigenvalue weighted by Gasteiger charge is -2.27. The van der Waals surface area contributed by atoms with Gasteiger partial charge in [0.25, 0.3) is 0 Å². The van der Waals surface area contributed by atoms with Crippen molar-refractivity contribution in [2.45, 2.75) is 0 Å². The van der Waals surface area contributed by atoms with E-state index in [1.165, 1.54) is 53.6 Å². The molecule has 0 aliphatic rings. The second kappa shape index (κ2) is 13.8. The Morgan fingerprint density at radius 2 is 0.842 bits per heavy atom. The molecule has 0 saturated carbocycles. The maximum absolute atomic E-state index is 6.48. The lowest BCUT2D eigenvalue weighted by atomic mass is 9.97. The van der Waals surface area contributed by atoms with Crippen LogP contribution < -0.4 is 4.90 Å². The van der Waals surface area contributed by atoms with Crippen molar-refractivity contribution in [1.82, 2.24) is 0 Å². The van der Waals surface area contributed by atoms with Crippen LogP contribution in [0.4, 0.5) is 17.1 Å². The van der Waals surface area contributed by atoms with Crippen molar-refractivity contribution in [2.24, 2.45) is 0 Å². The summed E-state index contributed by atoms with van der Waals surface area (Å²) in [6.07, 6.45) is 0. The molecule has 0 amide bonds. The molecule has 11 rings (SSSR count). The molecule has 2 aromatic heterocycles. The number of thiophene rings is 1. The third-order valence-corrected chi connectivity index (χ3v) is 12.2. The van der Waals surface area contributed by atoms with Crippen LogP contribution in [0.1, 0.15) is 0 Å². The number of nitrogens with zero attached hydrogens (tertiary/aromatic N) is 1. The highest BCUT2D eigenvalue weighted by Gasteiger charge is 2.19. The maximum Gasteiger partial charge on any atom is 0.143 e. The minimum Gasteiger partial charge on any atom is -0.455 e. The van der Waals surface area contributed by atoms with Gasteiger partial charge in [0.15, 0.2) is 0 Å². The molecule has 0 aliphatic heterocycles. The van der Waals surface area contributed by atoms with Gasteiger partial charge in [-0.3, -0.25) is 0 Å². The SMILES string of the molecule is c1ccc(-c2ccc(N(c3cc(-c4ccccc4)cc(-c4ccccc4)c3)c3ccc4sc5ccc(-c6cccc7c6oc6ccccc67)cc5c4c3)cc2)cc1. The fourth-order valence-electron chi connectivity index (χ4n) is 8.26. The first kappa shape index (κ1) is 33.2. The van der Waals surface area contributed by atoms with E-state index in [2.05, 4.69) is 211 Å². The molecular weight excluding hydrogens is 711 g/mol. The number of benzene rings is 9. The van der Waals surface area contributed by atoms with E-state index in [9.17, 15) is 0 Å². The average Bonchev–Trinajstić information content (AvgIpc) is 3.85.